The van der Waals surface area contributed by atoms with Crippen molar-refractivity contribution in [3.8, 4) is 0 Å². The van der Waals surface area contributed by atoms with Gasteiger partial charge < -0.3 is 0 Å². The number of nitro benzene ring substituents is 1. The van der Waals surface area contributed by atoms with Gasteiger partial charge in [0.1, 0.15) is 0 Å². The second kappa shape index (κ2) is 7.04. The molecule has 0 spiro atoms. The predicted molar refractivity (Wildman–Crippen MR) is 73.3 cm³/mol. The Labute approximate surface area is 121 Å². The summed E-state index contributed by atoms with van der Waals surface area (Å²) < 4.78 is 25.6. The summed E-state index contributed by atoms with van der Waals surface area (Å²) in [7, 11) is -3.82. The van der Waals surface area contributed by atoms with E-state index in [1.54, 1.807) is 0 Å². The summed E-state index contributed by atoms with van der Waals surface area (Å²) in [6.45, 7) is 0.193. The molecule has 0 aliphatic heterocycles. The third-order valence-electron chi connectivity index (χ3n) is 2.33. The molecule has 0 saturated heterocycles. The van der Waals surface area contributed by atoms with Crippen molar-refractivity contribution in [3.63, 3.8) is 0 Å². The van der Waals surface area contributed by atoms with Gasteiger partial charge in [-0.1, -0.05) is 6.07 Å². The molecule has 0 heterocycles. The Hall–Kier alpha value is -0.890. The van der Waals surface area contributed by atoms with Gasteiger partial charge >= 0.3 is 0 Å². The molecule has 0 N–H and O–H groups in total. The fourth-order valence-electron chi connectivity index (χ4n) is 1.45. The van der Waals surface area contributed by atoms with Crippen LogP contribution >= 0.6 is 23.2 Å². The first kappa shape index (κ1) is 16.2. The smallest absolute Gasteiger partial charge is 0.258 e. The number of hydrogen-bond donors (Lipinski definition) is 0. The summed E-state index contributed by atoms with van der Waals surface area (Å²) in [5.41, 5.74) is -0.280. The van der Waals surface area contributed by atoms with Crippen molar-refractivity contribution in [1.82, 2.24) is 4.31 Å². The molecule has 1 aromatic carbocycles. The average Bonchev–Trinajstić information content (AvgIpc) is 2.38. The van der Waals surface area contributed by atoms with E-state index >= 15 is 0 Å². The van der Waals surface area contributed by atoms with Crippen LogP contribution in [-0.4, -0.2) is 42.5 Å². The number of hydrogen-bond acceptors (Lipinski definition) is 4. The normalized spacial score (nSPS) is 11.7. The molecule has 0 aliphatic carbocycles. The number of rotatable bonds is 7. The Bertz CT molecular complexity index is 544. The van der Waals surface area contributed by atoms with Crippen molar-refractivity contribution < 1.29 is 13.3 Å². The van der Waals surface area contributed by atoms with Crippen LogP contribution in [0.2, 0.25) is 0 Å². The topological polar surface area (TPSA) is 80.5 Å². The molecule has 9 heteroatoms. The van der Waals surface area contributed by atoms with Crippen molar-refractivity contribution in [1.29, 1.82) is 0 Å². The highest BCUT2D eigenvalue weighted by molar-refractivity contribution is 7.89. The average molecular weight is 327 g/mol. The molecule has 1 rings (SSSR count). The summed E-state index contributed by atoms with van der Waals surface area (Å²) in [6, 6.07) is 4.87. The second-order valence-corrected chi connectivity index (χ2v) is 6.23. The van der Waals surface area contributed by atoms with E-state index in [9.17, 15) is 18.5 Å². The van der Waals surface area contributed by atoms with Gasteiger partial charge in [0, 0.05) is 37.0 Å². The highest BCUT2D eigenvalue weighted by Gasteiger charge is 2.25. The van der Waals surface area contributed by atoms with E-state index in [1.165, 1.54) is 18.2 Å². The van der Waals surface area contributed by atoms with E-state index in [-0.39, 0.29) is 35.4 Å². The lowest BCUT2D eigenvalue weighted by molar-refractivity contribution is -0.385. The van der Waals surface area contributed by atoms with E-state index in [2.05, 4.69) is 0 Å². The first-order valence-corrected chi connectivity index (χ1v) is 7.81. The molecule has 0 radical (unpaired) electrons. The van der Waals surface area contributed by atoms with Crippen LogP contribution in [-0.2, 0) is 10.0 Å². The molecule has 0 atom stereocenters. The highest BCUT2D eigenvalue weighted by atomic mass is 35.5. The van der Waals surface area contributed by atoms with Crippen LogP contribution in [0.1, 0.15) is 0 Å². The lowest BCUT2D eigenvalue weighted by Gasteiger charge is -2.19. The molecular weight excluding hydrogens is 315 g/mol. The quantitative estimate of drug-likeness (QED) is 0.436. The Balaban J connectivity index is 3.17. The van der Waals surface area contributed by atoms with Gasteiger partial charge in [0.25, 0.3) is 5.69 Å². The SMILES string of the molecule is O=[N+]([O-])c1cccc(S(=O)(=O)N(CCCl)CCCl)c1. The summed E-state index contributed by atoms with van der Waals surface area (Å²) >= 11 is 11.1. The number of alkyl halides is 2. The summed E-state index contributed by atoms with van der Waals surface area (Å²) in [5, 5.41) is 10.7. The molecule has 0 fully saturated rings. The minimum atomic E-state index is -3.82. The van der Waals surface area contributed by atoms with E-state index in [0.717, 1.165) is 10.4 Å². The second-order valence-electron chi connectivity index (χ2n) is 3.54. The van der Waals surface area contributed by atoms with Crippen LogP contribution in [0.5, 0.6) is 0 Å². The van der Waals surface area contributed by atoms with Gasteiger partial charge in [-0.3, -0.25) is 10.1 Å². The van der Waals surface area contributed by atoms with Gasteiger partial charge in [0.05, 0.1) is 9.82 Å². The van der Waals surface area contributed by atoms with Gasteiger partial charge in [-0.2, -0.15) is 4.31 Å². The number of non-ortho nitro benzene ring substituents is 1. The van der Waals surface area contributed by atoms with Crippen molar-refractivity contribution in [3.05, 3.63) is 34.4 Å². The summed E-state index contributed by atoms with van der Waals surface area (Å²) in [6.07, 6.45) is 0. The van der Waals surface area contributed by atoms with Crippen LogP contribution in [0.4, 0.5) is 5.69 Å². The van der Waals surface area contributed by atoms with Gasteiger partial charge in [-0.25, -0.2) is 8.42 Å². The lowest BCUT2D eigenvalue weighted by Crippen LogP contribution is -2.34. The monoisotopic (exact) mass is 326 g/mol. The fourth-order valence-corrected chi connectivity index (χ4v) is 3.54. The van der Waals surface area contributed by atoms with E-state index < -0.39 is 14.9 Å². The molecule has 19 heavy (non-hydrogen) atoms. The standard InChI is InChI=1S/C10H12Cl2N2O4S/c11-4-6-13(7-5-12)19(17,18)10-3-1-2-9(8-10)14(15)16/h1-3,8H,4-7H2. The minimum Gasteiger partial charge on any atom is -0.258 e. The molecule has 0 unspecified atom stereocenters. The Kier molecular flexibility index (Phi) is 5.99. The van der Waals surface area contributed by atoms with Gasteiger partial charge in [-0.15, -0.1) is 23.2 Å². The molecule has 6 nitrogen and oxygen atoms in total. The highest BCUT2D eigenvalue weighted by Crippen LogP contribution is 2.21. The van der Waals surface area contributed by atoms with Gasteiger partial charge in [0.2, 0.25) is 10.0 Å². The third-order valence-corrected chi connectivity index (χ3v) is 4.57. The molecule has 0 aromatic heterocycles. The molecule has 0 saturated carbocycles. The fraction of sp³-hybridized carbons (Fsp3) is 0.400. The first-order valence-electron chi connectivity index (χ1n) is 5.30. The number of nitrogens with zero attached hydrogens (tertiary/aromatic N) is 2. The zero-order valence-corrected chi connectivity index (χ0v) is 12.2. The van der Waals surface area contributed by atoms with E-state index in [0.29, 0.717) is 0 Å². The molecular formula is C10H12Cl2N2O4S. The van der Waals surface area contributed by atoms with Crippen LogP contribution in [0.15, 0.2) is 29.2 Å². The van der Waals surface area contributed by atoms with Crippen molar-refractivity contribution in [2.75, 3.05) is 24.8 Å². The zero-order chi connectivity index (χ0) is 14.5. The van der Waals surface area contributed by atoms with E-state index in [4.69, 9.17) is 23.2 Å². The molecule has 0 bridgehead atoms. The van der Waals surface area contributed by atoms with E-state index in [1.807, 2.05) is 0 Å². The van der Waals surface area contributed by atoms with Crippen molar-refractivity contribution >= 4 is 38.9 Å². The van der Waals surface area contributed by atoms with Gasteiger partial charge in [0.15, 0.2) is 0 Å². The first-order chi connectivity index (χ1) is 8.93. The zero-order valence-electron chi connectivity index (χ0n) is 9.83. The predicted octanol–water partition coefficient (Wildman–Crippen LogP) is 2.06. The Morgan fingerprint density at radius 2 is 1.79 bits per heavy atom. The number of nitro groups is 1. The van der Waals surface area contributed by atoms with Gasteiger partial charge in [-0.05, 0) is 6.07 Å². The number of benzene rings is 1. The maximum absolute atomic E-state index is 12.3. The molecule has 0 aliphatic rings. The van der Waals surface area contributed by atoms with Crippen LogP contribution < -0.4 is 0 Å². The molecule has 1 aromatic rings. The Morgan fingerprint density at radius 3 is 2.26 bits per heavy atom. The number of halogens is 2. The third kappa shape index (κ3) is 4.04. The maximum Gasteiger partial charge on any atom is 0.270 e. The van der Waals surface area contributed by atoms with Crippen molar-refractivity contribution in [2.24, 2.45) is 0 Å². The summed E-state index contributed by atoms with van der Waals surface area (Å²) in [5.74, 6) is 0.232. The van der Waals surface area contributed by atoms with Crippen LogP contribution in [0, 0.1) is 10.1 Å². The van der Waals surface area contributed by atoms with Crippen LogP contribution in [0.25, 0.3) is 0 Å². The lowest BCUT2D eigenvalue weighted by atomic mass is 10.3. The number of sulfonamides is 1. The van der Waals surface area contributed by atoms with Crippen molar-refractivity contribution in [2.45, 2.75) is 4.90 Å². The summed E-state index contributed by atoms with van der Waals surface area (Å²) in [4.78, 5) is 9.87. The largest absolute Gasteiger partial charge is 0.270 e. The molecule has 106 valence electrons. The maximum atomic E-state index is 12.3. The van der Waals surface area contributed by atoms with Crippen LogP contribution in [0.3, 0.4) is 0 Å². The Morgan fingerprint density at radius 1 is 1.21 bits per heavy atom. The molecule has 0 amide bonds. The minimum absolute atomic E-state index is 0.0965.